The zero-order chi connectivity index (χ0) is 15.6. The molecule has 1 aromatic carbocycles. The smallest absolute Gasteiger partial charge is 0.240 e. The minimum Gasteiger partial charge on any atom is -0.344 e. The Labute approximate surface area is 125 Å². The molecule has 0 saturated carbocycles. The van der Waals surface area contributed by atoms with Gasteiger partial charge in [-0.25, -0.2) is 0 Å². The Balaban J connectivity index is 2.13. The first-order valence-electron chi connectivity index (χ1n) is 7.24. The van der Waals surface area contributed by atoms with E-state index in [1.165, 1.54) is 12.5 Å². The van der Waals surface area contributed by atoms with Crippen molar-refractivity contribution in [2.45, 2.75) is 40.3 Å². The number of carbonyl (C=O) groups excluding carboxylic acids is 2. The molecule has 0 radical (unpaired) electrons. The topological polar surface area (TPSA) is 51.1 Å². The van der Waals surface area contributed by atoms with E-state index in [2.05, 4.69) is 11.4 Å². The number of Topliss-reactive ketones (excluding diaryl/α,β-unsaturated/α-hetero) is 1. The summed E-state index contributed by atoms with van der Waals surface area (Å²) >= 11 is 0. The Morgan fingerprint density at radius 3 is 2.57 bits per heavy atom. The minimum absolute atomic E-state index is 0.00802. The number of aromatic nitrogens is 1. The summed E-state index contributed by atoms with van der Waals surface area (Å²) in [4.78, 5) is 23.7. The maximum Gasteiger partial charge on any atom is 0.240 e. The molecule has 0 spiro atoms. The normalized spacial score (nSPS) is 12.6. The van der Waals surface area contributed by atoms with Crippen LogP contribution in [0.1, 0.15) is 26.3 Å². The van der Waals surface area contributed by atoms with Crippen molar-refractivity contribution in [1.29, 1.82) is 0 Å². The summed E-state index contributed by atoms with van der Waals surface area (Å²) in [7, 11) is 0. The van der Waals surface area contributed by atoms with Crippen LogP contribution in [0.4, 0.5) is 0 Å². The van der Waals surface area contributed by atoms with Gasteiger partial charge >= 0.3 is 0 Å². The number of hydrogen-bond donors (Lipinski definition) is 1. The van der Waals surface area contributed by atoms with Crippen molar-refractivity contribution in [1.82, 2.24) is 9.88 Å². The largest absolute Gasteiger partial charge is 0.344 e. The highest BCUT2D eigenvalue weighted by molar-refractivity contribution is 5.88. The highest BCUT2D eigenvalue weighted by Crippen LogP contribution is 2.17. The lowest BCUT2D eigenvalue weighted by atomic mass is 10.0. The van der Waals surface area contributed by atoms with E-state index >= 15 is 0 Å². The maximum absolute atomic E-state index is 12.2. The molecule has 2 rings (SSSR count). The standard InChI is InChI=1S/C17H22N2O2/c1-11(2)17(13(4)20)18-16(21)10-19-8-7-14-9-12(3)5-6-15(14)19/h5-9,11,17H,10H2,1-4H3,(H,18,21). The number of nitrogens with zero attached hydrogens (tertiary/aromatic N) is 1. The van der Waals surface area contributed by atoms with Gasteiger partial charge in [0, 0.05) is 11.7 Å². The molecular formula is C17H22N2O2. The van der Waals surface area contributed by atoms with E-state index in [9.17, 15) is 9.59 Å². The van der Waals surface area contributed by atoms with Crippen LogP contribution in [0.25, 0.3) is 10.9 Å². The van der Waals surface area contributed by atoms with Gasteiger partial charge in [-0.05, 0) is 43.4 Å². The van der Waals surface area contributed by atoms with E-state index in [1.807, 2.05) is 49.7 Å². The summed E-state index contributed by atoms with van der Waals surface area (Å²) in [6.45, 7) is 7.64. The second kappa shape index (κ2) is 6.12. The fourth-order valence-corrected chi connectivity index (χ4v) is 2.57. The molecule has 1 atom stereocenters. The molecule has 1 aromatic heterocycles. The van der Waals surface area contributed by atoms with Gasteiger partial charge in [0.2, 0.25) is 5.91 Å². The molecule has 112 valence electrons. The molecular weight excluding hydrogens is 264 g/mol. The fraction of sp³-hybridized carbons (Fsp3) is 0.412. The number of amides is 1. The lowest BCUT2D eigenvalue weighted by Crippen LogP contribution is -2.44. The highest BCUT2D eigenvalue weighted by Gasteiger charge is 2.20. The Kier molecular flexibility index (Phi) is 4.46. The molecule has 0 aliphatic carbocycles. The first kappa shape index (κ1) is 15.3. The van der Waals surface area contributed by atoms with Gasteiger partial charge in [-0.15, -0.1) is 0 Å². The molecule has 4 nitrogen and oxygen atoms in total. The quantitative estimate of drug-likeness (QED) is 0.918. The van der Waals surface area contributed by atoms with Crippen LogP contribution in [0, 0.1) is 12.8 Å². The van der Waals surface area contributed by atoms with Crippen LogP contribution >= 0.6 is 0 Å². The third kappa shape index (κ3) is 3.51. The highest BCUT2D eigenvalue weighted by atomic mass is 16.2. The SMILES string of the molecule is CC(=O)C(NC(=O)Cn1ccc2cc(C)ccc21)C(C)C. The maximum atomic E-state index is 12.2. The zero-order valence-corrected chi connectivity index (χ0v) is 13.0. The lowest BCUT2D eigenvalue weighted by Gasteiger charge is -2.19. The van der Waals surface area contributed by atoms with Crippen molar-refractivity contribution in [3.05, 3.63) is 36.0 Å². The summed E-state index contributed by atoms with van der Waals surface area (Å²) in [6, 6.07) is 7.73. The second-order valence-electron chi connectivity index (χ2n) is 5.91. The molecule has 1 heterocycles. The first-order valence-corrected chi connectivity index (χ1v) is 7.24. The van der Waals surface area contributed by atoms with E-state index in [-0.39, 0.29) is 24.2 Å². The molecule has 1 unspecified atom stereocenters. The van der Waals surface area contributed by atoms with E-state index in [0.717, 1.165) is 10.9 Å². The zero-order valence-electron chi connectivity index (χ0n) is 13.0. The number of ketones is 1. The van der Waals surface area contributed by atoms with Gasteiger partial charge in [0.15, 0.2) is 5.78 Å². The molecule has 2 aromatic rings. The van der Waals surface area contributed by atoms with Gasteiger partial charge in [0.1, 0.15) is 6.54 Å². The Bertz CT molecular complexity index is 670. The predicted octanol–water partition coefficient (Wildman–Crippen LogP) is 2.68. The molecule has 0 aliphatic heterocycles. The first-order chi connectivity index (χ1) is 9.88. The monoisotopic (exact) mass is 286 g/mol. The van der Waals surface area contributed by atoms with Gasteiger partial charge in [0.05, 0.1) is 6.04 Å². The van der Waals surface area contributed by atoms with Gasteiger partial charge in [-0.3, -0.25) is 9.59 Å². The van der Waals surface area contributed by atoms with Crippen molar-refractivity contribution in [3.63, 3.8) is 0 Å². The minimum atomic E-state index is -0.415. The van der Waals surface area contributed by atoms with Crippen molar-refractivity contribution in [3.8, 4) is 0 Å². The van der Waals surface area contributed by atoms with Crippen LogP contribution < -0.4 is 5.32 Å². The predicted molar refractivity (Wildman–Crippen MR) is 84.1 cm³/mol. The van der Waals surface area contributed by atoms with Gasteiger partial charge in [-0.2, -0.15) is 0 Å². The average molecular weight is 286 g/mol. The van der Waals surface area contributed by atoms with Gasteiger partial charge in [0.25, 0.3) is 0 Å². The number of benzene rings is 1. The summed E-state index contributed by atoms with van der Waals surface area (Å²) in [5.41, 5.74) is 2.22. The number of fused-ring (bicyclic) bond motifs is 1. The van der Waals surface area contributed by atoms with E-state index in [0.29, 0.717) is 0 Å². The van der Waals surface area contributed by atoms with Crippen molar-refractivity contribution in [2.75, 3.05) is 0 Å². The molecule has 0 fully saturated rings. The number of aryl methyl sites for hydroxylation is 1. The van der Waals surface area contributed by atoms with Gasteiger partial charge < -0.3 is 9.88 Å². The van der Waals surface area contributed by atoms with E-state index < -0.39 is 6.04 Å². The molecule has 21 heavy (non-hydrogen) atoms. The average Bonchev–Trinajstić information content (AvgIpc) is 2.77. The molecule has 0 bridgehead atoms. The van der Waals surface area contributed by atoms with Crippen LogP contribution in [0.2, 0.25) is 0 Å². The fourth-order valence-electron chi connectivity index (χ4n) is 2.57. The third-order valence-corrected chi connectivity index (χ3v) is 3.66. The number of hydrogen-bond acceptors (Lipinski definition) is 2. The molecule has 0 aliphatic rings. The molecule has 0 saturated heterocycles. The summed E-state index contributed by atoms with van der Waals surface area (Å²) < 4.78 is 1.90. The Morgan fingerprint density at radius 2 is 1.95 bits per heavy atom. The van der Waals surface area contributed by atoms with Crippen LogP contribution in [-0.2, 0) is 16.1 Å². The molecule has 1 N–H and O–H groups in total. The summed E-state index contributed by atoms with van der Waals surface area (Å²) in [6.07, 6.45) is 1.90. The van der Waals surface area contributed by atoms with Gasteiger partial charge in [-0.1, -0.05) is 25.5 Å². The molecule has 4 heteroatoms. The van der Waals surface area contributed by atoms with Crippen molar-refractivity contribution >= 4 is 22.6 Å². The summed E-state index contributed by atoms with van der Waals surface area (Å²) in [5, 5.41) is 3.94. The van der Waals surface area contributed by atoms with Crippen molar-refractivity contribution in [2.24, 2.45) is 5.92 Å². The lowest BCUT2D eigenvalue weighted by molar-refractivity contribution is -0.128. The number of carbonyl (C=O) groups is 2. The Morgan fingerprint density at radius 1 is 1.24 bits per heavy atom. The van der Waals surface area contributed by atoms with E-state index in [1.54, 1.807) is 0 Å². The third-order valence-electron chi connectivity index (χ3n) is 3.66. The number of rotatable bonds is 5. The Hall–Kier alpha value is -2.10. The van der Waals surface area contributed by atoms with Crippen LogP contribution in [-0.4, -0.2) is 22.3 Å². The van der Waals surface area contributed by atoms with Crippen LogP contribution in [0.3, 0.4) is 0 Å². The summed E-state index contributed by atoms with van der Waals surface area (Å²) in [5.74, 6) is -0.0520. The van der Waals surface area contributed by atoms with Crippen LogP contribution in [0.5, 0.6) is 0 Å². The second-order valence-corrected chi connectivity index (χ2v) is 5.91. The van der Waals surface area contributed by atoms with E-state index in [4.69, 9.17) is 0 Å². The number of nitrogens with one attached hydrogen (secondary N) is 1. The molecule has 1 amide bonds. The van der Waals surface area contributed by atoms with Crippen LogP contribution in [0.15, 0.2) is 30.5 Å². The van der Waals surface area contributed by atoms with Crippen molar-refractivity contribution < 1.29 is 9.59 Å².